The summed E-state index contributed by atoms with van der Waals surface area (Å²) in [5.74, 6) is -0.239. The van der Waals surface area contributed by atoms with Gasteiger partial charge in [-0.1, -0.05) is 12.8 Å². The van der Waals surface area contributed by atoms with Crippen molar-refractivity contribution >= 4 is 11.9 Å². The van der Waals surface area contributed by atoms with Crippen molar-refractivity contribution in [2.75, 3.05) is 0 Å². The van der Waals surface area contributed by atoms with E-state index in [0.717, 1.165) is 12.8 Å². The van der Waals surface area contributed by atoms with Gasteiger partial charge >= 0.3 is 5.97 Å². The molecule has 1 aliphatic carbocycles. The minimum Gasteiger partial charge on any atom is -0.481 e. The molecule has 0 bridgehead atoms. The van der Waals surface area contributed by atoms with Gasteiger partial charge in [0.05, 0.1) is 6.42 Å². The van der Waals surface area contributed by atoms with E-state index in [9.17, 15) is 9.59 Å². The Morgan fingerprint density at radius 2 is 2.07 bits per heavy atom. The van der Waals surface area contributed by atoms with Crippen LogP contribution in [0.1, 0.15) is 38.5 Å². The molecule has 15 heavy (non-hydrogen) atoms. The van der Waals surface area contributed by atoms with Crippen LogP contribution >= 0.6 is 0 Å². The summed E-state index contributed by atoms with van der Waals surface area (Å²) in [6.07, 6.45) is 5.24. The summed E-state index contributed by atoms with van der Waals surface area (Å²) in [5.41, 5.74) is 0. The second kappa shape index (κ2) is 4.21. The van der Waals surface area contributed by atoms with Crippen molar-refractivity contribution in [3.8, 4) is 0 Å². The van der Waals surface area contributed by atoms with Gasteiger partial charge in [-0.15, -0.1) is 0 Å². The van der Waals surface area contributed by atoms with Crippen LogP contribution in [-0.2, 0) is 9.59 Å². The average Bonchev–Trinajstić information content (AvgIpc) is 2.72. The number of aliphatic carboxylic acids is 1. The zero-order chi connectivity index (χ0) is 10.8. The van der Waals surface area contributed by atoms with Crippen LogP contribution in [-0.4, -0.2) is 23.0 Å². The SMILES string of the molecule is O=C(O)C[C@H]1CC(=O)N[C@@H]1C1CCCC1. The summed E-state index contributed by atoms with van der Waals surface area (Å²) in [4.78, 5) is 22.0. The zero-order valence-corrected chi connectivity index (χ0v) is 8.74. The van der Waals surface area contributed by atoms with E-state index in [-0.39, 0.29) is 24.3 Å². The molecule has 2 rings (SSSR count). The molecule has 1 heterocycles. The molecule has 0 aromatic rings. The predicted octanol–water partition coefficient (Wildman–Crippen LogP) is 1.16. The minimum absolute atomic E-state index is 0.0121. The van der Waals surface area contributed by atoms with E-state index in [2.05, 4.69) is 5.32 Å². The number of carbonyl (C=O) groups is 2. The molecule has 4 heteroatoms. The first-order valence-electron chi connectivity index (χ1n) is 5.68. The molecule has 0 aromatic heterocycles. The van der Waals surface area contributed by atoms with Gasteiger partial charge in [-0.3, -0.25) is 9.59 Å². The zero-order valence-electron chi connectivity index (χ0n) is 8.74. The third-order valence-electron chi connectivity index (χ3n) is 3.63. The van der Waals surface area contributed by atoms with Crippen molar-refractivity contribution < 1.29 is 14.7 Å². The molecule has 2 aliphatic rings. The maximum absolute atomic E-state index is 11.3. The van der Waals surface area contributed by atoms with Crippen LogP contribution in [0.15, 0.2) is 0 Å². The number of carboxylic acids is 1. The van der Waals surface area contributed by atoms with Crippen LogP contribution in [0.3, 0.4) is 0 Å². The van der Waals surface area contributed by atoms with Gasteiger partial charge in [0.2, 0.25) is 5.91 Å². The molecule has 4 nitrogen and oxygen atoms in total. The van der Waals surface area contributed by atoms with Crippen molar-refractivity contribution in [1.29, 1.82) is 0 Å². The molecule has 0 spiro atoms. The van der Waals surface area contributed by atoms with Gasteiger partial charge < -0.3 is 10.4 Å². The van der Waals surface area contributed by atoms with Gasteiger partial charge in [0.15, 0.2) is 0 Å². The molecule has 0 aromatic carbocycles. The smallest absolute Gasteiger partial charge is 0.303 e. The highest BCUT2D eigenvalue weighted by Crippen LogP contribution is 2.35. The van der Waals surface area contributed by atoms with E-state index in [1.807, 2.05) is 0 Å². The van der Waals surface area contributed by atoms with Crippen LogP contribution in [0.25, 0.3) is 0 Å². The lowest BCUT2D eigenvalue weighted by molar-refractivity contribution is -0.138. The van der Waals surface area contributed by atoms with Crippen LogP contribution in [0.4, 0.5) is 0 Å². The molecule has 2 atom stereocenters. The van der Waals surface area contributed by atoms with Crippen molar-refractivity contribution in [2.24, 2.45) is 11.8 Å². The van der Waals surface area contributed by atoms with Crippen LogP contribution in [0.2, 0.25) is 0 Å². The van der Waals surface area contributed by atoms with E-state index in [4.69, 9.17) is 5.11 Å². The molecule has 1 amide bonds. The quantitative estimate of drug-likeness (QED) is 0.736. The molecular formula is C11H17NO3. The molecule has 0 unspecified atom stereocenters. The van der Waals surface area contributed by atoms with E-state index in [0.29, 0.717) is 12.3 Å². The highest BCUT2D eigenvalue weighted by Gasteiger charge is 2.39. The fourth-order valence-corrected chi connectivity index (χ4v) is 2.97. The number of amides is 1. The largest absolute Gasteiger partial charge is 0.481 e. The van der Waals surface area contributed by atoms with Gasteiger partial charge in [-0.05, 0) is 24.7 Å². The third-order valence-corrected chi connectivity index (χ3v) is 3.63. The minimum atomic E-state index is -0.792. The molecule has 0 radical (unpaired) electrons. The Morgan fingerprint density at radius 3 is 2.67 bits per heavy atom. The summed E-state index contributed by atoms with van der Waals surface area (Å²) < 4.78 is 0. The van der Waals surface area contributed by atoms with Crippen molar-refractivity contribution in [3.63, 3.8) is 0 Å². The fraction of sp³-hybridized carbons (Fsp3) is 0.818. The Kier molecular flexibility index (Phi) is 2.93. The standard InChI is InChI=1S/C11H17NO3/c13-9-5-8(6-10(14)15)11(12-9)7-3-1-2-4-7/h7-8,11H,1-6H2,(H,12,13)(H,14,15)/t8-,11-/m1/s1. The highest BCUT2D eigenvalue weighted by molar-refractivity contribution is 5.80. The number of hydrogen-bond donors (Lipinski definition) is 2. The topological polar surface area (TPSA) is 66.4 Å². The lowest BCUT2D eigenvalue weighted by Gasteiger charge is -2.23. The summed E-state index contributed by atoms with van der Waals surface area (Å²) >= 11 is 0. The van der Waals surface area contributed by atoms with E-state index in [1.165, 1.54) is 12.8 Å². The molecule has 1 saturated heterocycles. The number of carbonyl (C=O) groups excluding carboxylic acids is 1. The second-order valence-electron chi connectivity index (χ2n) is 4.70. The van der Waals surface area contributed by atoms with Gasteiger partial charge in [0.1, 0.15) is 0 Å². The number of carboxylic acid groups (broad SMARTS) is 1. The predicted molar refractivity (Wildman–Crippen MR) is 54.2 cm³/mol. The summed E-state index contributed by atoms with van der Waals surface area (Å²) in [6, 6.07) is 0.121. The van der Waals surface area contributed by atoms with Gasteiger partial charge in [0.25, 0.3) is 0 Å². The van der Waals surface area contributed by atoms with Crippen LogP contribution in [0.5, 0.6) is 0 Å². The number of hydrogen-bond acceptors (Lipinski definition) is 2. The Labute approximate surface area is 89.0 Å². The van der Waals surface area contributed by atoms with Crippen molar-refractivity contribution in [1.82, 2.24) is 5.32 Å². The van der Waals surface area contributed by atoms with Crippen molar-refractivity contribution in [3.05, 3.63) is 0 Å². The normalized spacial score (nSPS) is 31.9. The molecule has 2 N–H and O–H groups in total. The lowest BCUT2D eigenvalue weighted by atomic mass is 9.86. The summed E-state index contributed by atoms with van der Waals surface area (Å²) in [5, 5.41) is 11.7. The first-order chi connectivity index (χ1) is 7.16. The van der Waals surface area contributed by atoms with Gasteiger partial charge in [-0.25, -0.2) is 0 Å². The van der Waals surface area contributed by atoms with E-state index < -0.39 is 5.97 Å². The first kappa shape index (κ1) is 10.5. The number of nitrogens with one attached hydrogen (secondary N) is 1. The number of rotatable bonds is 3. The highest BCUT2D eigenvalue weighted by atomic mass is 16.4. The lowest BCUT2D eigenvalue weighted by Crippen LogP contribution is -2.36. The molecule has 1 saturated carbocycles. The van der Waals surface area contributed by atoms with Crippen LogP contribution in [0, 0.1) is 11.8 Å². The third kappa shape index (κ3) is 2.30. The van der Waals surface area contributed by atoms with Crippen molar-refractivity contribution in [2.45, 2.75) is 44.6 Å². The second-order valence-corrected chi connectivity index (χ2v) is 4.70. The Morgan fingerprint density at radius 1 is 1.40 bits per heavy atom. The van der Waals surface area contributed by atoms with E-state index in [1.54, 1.807) is 0 Å². The Hall–Kier alpha value is -1.06. The van der Waals surface area contributed by atoms with Gasteiger partial charge in [-0.2, -0.15) is 0 Å². The summed E-state index contributed by atoms with van der Waals surface area (Å²) in [7, 11) is 0. The molecular weight excluding hydrogens is 194 g/mol. The summed E-state index contributed by atoms with van der Waals surface area (Å²) in [6.45, 7) is 0. The molecule has 2 fully saturated rings. The molecule has 84 valence electrons. The Balaban J connectivity index is 2.00. The first-order valence-corrected chi connectivity index (χ1v) is 5.68. The van der Waals surface area contributed by atoms with Crippen LogP contribution < -0.4 is 5.32 Å². The maximum atomic E-state index is 11.3. The van der Waals surface area contributed by atoms with E-state index >= 15 is 0 Å². The monoisotopic (exact) mass is 211 g/mol. The maximum Gasteiger partial charge on any atom is 0.303 e. The Bertz CT molecular complexity index is 271. The molecule has 1 aliphatic heterocycles. The van der Waals surface area contributed by atoms with Gasteiger partial charge in [0, 0.05) is 12.5 Å². The fourth-order valence-electron chi connectivity index (χ4n) is 2.97. The average molecular weight is 211 g/mol.